The van der Waals surface area contributed by atoms with E-state index in [9.17, 15) is 0 Å². The van der Waals surface area contributed by atoms with E-state index in [1.165, 1.54) is 0 Å². The van der Waals surface area contributed by atoms with Crippen molar-refractivity contribution in [3.8, 4) is 0 Å². The van der Waals surface area contributed by atoms with Crippen LogP contribution in [0.3, 0.4) is 0 Å². The SMILES string of the molecule is CC(C)CCc1noc(Cc2cccc(N)c2)n1. The number of rotatable bonds is 5. The first kappa shape index (κ1) is 12.6. The van der Waals surface area contributed by atoms with Crippen molar-refractivity contribution in [3.05, 3.63) is 41.5 Å². The minimum Gasteiger partial charge on any atom is -0.399 e. The molecule has 0 fully saturated rings. The van der Waals surface area contributed by atoms with Crippen molar-refractivity contribution in [1.82, 2.24) is 10.1 Å². The summed E-state index contributed by atoms with van der Waals surface area (Å²) in [7, 11) is 0. The van der Waals surface area contributed by atoms with Crippen molar-refractivity contribution in [2.24, 2.45) is 5.92 Å². The minimum atomic E-state index is 0.639. The molecule has 0 amide bonds. The van der Waals surface area contributed by atoms with Crippen molar-refractivity contribution >= 4 is 5.69 Å². The van der Waals surface area contributed by atoms with Crippen LogP contribution in [0.4, 0.5) is 5.69 Å². The van der Waals surface area contributed by atoms with Crippen LogP contribution in [0.2, 0.25) is 0 Å². The quantitative estimate of drug-likeness (QED) is 0.823. The van der Waals surface area contributed by atoms with Gasteiger partial charge in [0.2, 0.25) is 5.89 Å². The van der Waals surface area contributed by atoms with Crippen molar-refractivity contribution in [3.63, 3.8) is 0 Å². The molecule has 0 aliphatic carbocycles. The molecule has 2 rings (SSSR count). The molecule has 2 aromatic rings. The molecule has 0 saturated carbocycles. The number of aryl methyl sites for hydroxylation is 1. The average molecular weight is 245 g/mol. The lowest BCUT2D eigenvalue weighted by molar-refractivity contribution is 0.377. The molecule has 0 aliphatic rings. The lowest BCUT2D eigenvalue weighted by Gasteiger charge is -1.99. The van der Waals surface area contributed by atoms with Crippen LogP contribution in [0.25, 0.3) is 0 Å². The maximum absolute atomic E-state index is 5.73. The number of hydrogen-bond acceptors (Lipinski definition) is 4. The highest BCUT2D eigenvalue weighted by Gasteiger charge is 2.08. The van der Waals surface area contributed by atoms with Crippen LogP contribution in [0.15, 0.2) is 28.8 Å². The Balaban J connectivity index is 1.98. The highest BCUT2D eigenvalue weighted by molar-refractivity contribution is 5.41. The van der Waals surface area contributed by atoms with Crippen LogP contribution in [0, 0.1) is 5.92 Å². The summed E-state index contributed by atoms with van der Waals surface area (Å²) < 4.78 is 5.24. The number of benzene rings is 1. The van der Waals surface area contributed by atoms with Gasteiger partial charge in [0.1, 0.15) is 0 Å². The molecular formula is C14H19N3O. The predicted molar refractivity (Wildman–Crippen MR) is 71.1 cm³/mol. The number of anilines is 1. The van der Waals surface area contributed by atoms with E-state index in [1.807, 2.05) is 24.3 Å². The normalized spacial score (nSPS) is 11.1. The second-order valence-corrected chi connectivity index (χ2v) is 4.96. The molecule has 2 N–H and O–H groups in total. The molecule has 0 radical (unpaired) electrons. The van der Waals surface area contributed by atoms with Crippen LogP contribution in [0.1, 0.15) is 37.5 Å². The molecule has 1 aromatic carbocycles. The fraction of sp³-hybridized carbons (Fsp3) is 0.429. The molecule has 0 saturated heterocycles. The van der Waals surface area contributed by atoms with E-state index in [2.05, 4.69) is 24.0 Å². The summed E-state index contributed by atoms with van der Waals surface area (Å²) in [5.74, 6) is 2.10. The molecule has 0 unspecified atom stereocenters. The summed E-state index contributed by atoms with van der Waals surface area (Å²) in [5.41, 5.74) is 7.58. The average Bonchev–Trinajstić information content (AvgIpc) is 2.74. The largest absolute Gasteiger partial charge is 0.399 e. The summed E-state index contributed by atoms with van der Waals surface area (Å²) in [5, 5.41) is 3.99. The standard InChI is InChI=1S/C14H19N3O/c1-10(2)6-7-13-16-14(18-17-13)9-11-4-3-5-12(15)8-11/h3-5,8,10H,6-7,9,15H2,1-2H3. The third kappa shape index (κ3) is 3.58. The van der Waals surface area contributed by atoms with Gasteiger partial charge in [-0.15, -0.1) is 0 Å². The Hall–Kier alpha value is -1.84. The molecule has 0 atom stereocenters. The zero-order valence-corrected chi connectivity index (χ0v) is 10.9. The Morgan fingerprint density at radius 3 is 2.89 bits per heavy atom. The van der Waals surface area contributed by atoms with E-state index in [4.69, 9.17) is 10.3 Å². The van der Waals surface area contributed by atoms with E-state index in [0.717, 1.165) is 29.9 Å². The van der Waals surface area contributed by atoms with E-state index in [1.54, 1.807) is 0 Å². The lowest BCUT2D eigenvalue weighted by atomic mass is 10.1. The fourth-order valence-corrected chi connectivity index (χ4v) is 1.76. The minimum absolute atomic E-state index is 0.639. The van der Waals surface area contributed by atoms with Gasteiger partial charge in [-0.1, -0.05) is 31.1 Å². The summed E-state index contributed by atoms with van der Waals surface area (Å²) >= 11 is 0. The van der Waals surface area contributed by atoms with Crippen LogP contribution < -0.4 is 5.73 Å². The summed E-state index contributed by atoms with van der Waals surface area (Å²) in [6, 6.07) is 7.73. The van der Waals surface area contributed by atoms with E-state index < -0.39 is 0 Å². The third-order valence-corrected chi connectivity index (χ3v) is 2.76. The number of nitrogens with two attached hydrogens (primary N) is 1. The number of hydrogen-bond donors (Lipinski definition) is 1. The summed E-state index contributed by atoms with van der Waals surface area (Å²) in [6.45, 7) is 4.38. The molecule has 4 nitrogen and oxygen atoms in total. The number of nitrogen functional groups attached to an aromatic ring is 1. The van der Waals surface area contributed by atoms with Gasteiger partial charge in [0.15, 0.2) is 5.82 Å². The monoisotopic (exact) mass is 245 g/mol. The maximum atomic E-state index is 5.73. The Labute approximate surface area is 107 Å². The van der Waals surface area contributed by atoms with Gasteiger partial charge in [0.25, 0.3) is 0 Å². The zero-order chi connectivity index (χ0) is 13.0. The Morgan fingerprint density at radius 1 is 1.33 bits per heavy atom. The van der Waals surface area contributed by atoms with Crippen LogP contribution in [-0.2, 0) is 12.8 Å². The third-order valence-electron chi connectivity index (χ3n) is 2.76. The molecule has 1 aromatic heterocycles. The number of aromatic nitrogens is 2. The van der Waals surface area contributed by atoms with E-state index >= 15 is 0 Å². The van der Waals surface area contributed by atoms with Gasteiger partial charge in [0, 0.05) is 12.1 Å². The van der Waals surface area contributed by atoms with Crippen molar-refractivity contribution in [2.75, 3.05) is 5.73 Å². The Bertz CT molecular complexity index is 505. The zero-order valence-electron chi connectivity index (χ0n) is 10.9. The van der Waals surface area contributed by atoms with Gasteiger partial charge in [-0.25, -0.2) is 0 Å². The highest BCUT2D eigenvalue weighted by atomic mass is 16.5. The summed E-state index contributed by atoms with van der Waals surface area (Å²) in [6.07, 6.45) is 2.59. The first-order chi connectivity index (χ1) is 8.63. The first-order valence-electron chi connectivity index (χ1n) is 6.29. The Kier molecular flexibility index (Phi) is 3.97. The van der Waals surface area contributed by atoms with Crippen molar-refractivity contribution in [1.29, 1.82) is 0 Å². The molecule has 18 heavy (non-hydrogen) atoms. The maximum Gasteiger partial charge on any atom is 0.231 e. The van der Waals surface area contributed by atoms with Gasteiger partial charge in [-0.2, -0.15) is 4.98 Å². The summed E-state index contributed by atoms with van der Waals surface area (Å²) in [4.78, 5) is 4.39. The van der Waals surface area contributed by atoms with Gasteiger partial charge >= 0.3 is 0 Å². The van der Waals surface area contributed by atoms with Gasteiger partial charge < -0.3 is 10.3 Å². The van der Waals surface area contributed by atoms with Crippen molar-refractivity contribution < 1.29 is 4.52 Å². The first-order valence-corrected chi connectivity index (χ1v) is 6.29. The van der Waals surface area contributed by atoms with Crippen LogP contribution in [-0.4, -0.2) is 10.1 Å². The van der Waals surface area contributed by atoms with Gasteiger partial charge in [0.05, 0.1) is 6.42 Å². The van der Waals surface area contributed by atoms with Crippen LogP contribution in [0.5, 0.6) is 0 Å². The lowest BCUT2D eigenvalue weighted by Crippen LogP contribution is -1.95. The molecule has 96 valence electrons. The van der Waals surface area contributed by atoms with E-state index in [-0.39, 0.29) is 0 Å². The molecule has 0 spiro atoms. The molecule has 1 heterocycles. The van der Waals surface area contributed by atoms with Gasteiger partial charge in [-0.05, 0) is 30.0 Å². The molecule has 0 bridgehead atoms. The predicted octanol–water partition coefficient (Wildman–Crippen LogP) is 2.83. The number of nitrogens with zero attached hydrogens (tertiary/aromatic N) is 2. The molecular weight excluding hydrogens is 226 g/mol. The van der Waals surface area contributed by atoms with E-state index in [0.29, 0.717) is 18.2 Å². The van der Waals surface area contributed by atoms with Gasteiger partial charge in [-0.3, -0.25) is 0 Å². The highest BCUT2D eigenvalue weighted by Crippen LogP contribution is 2.12. The second-order valence-electron chi connectivity index (χ2n) is 4.96. The van der Waals surface area contributed by atoms with Crippen molar-refractivity contribution in [2.45, 2.75) is 33.1 Å². The molecule has 0 aliphatic heterocycles. The topological polar surface area (TPSA) is 64.9 Å². The smallest absolute Gasteiger partial charge is 0.231 e. The Morgan fingerprint density at radius 2 is 2.17 bits per heavy atom. The molecule has 4 heteroatoms. The fourth-order valence-electron chi connectivity index (χ4n) is 1.76. The van der Waals surface area contributed by atoms with Crippen LogP contribution >= 0.6 is 0 Å². The second kappa shape index (κ2) is 5.67.